The zero-order chi connectivity index (χ0) is 40.8. The minimum Gasteiger partial charge on any atom is -0.462 e. The van der Waals surface area contributed by atoms with E-state index in [2.05, 4.69) is 49.6 Å². The van der Waals surface area contributed by atoms with Gasteiger partial charge >= 0.3 is 19.8 Å². The van der Waals surface area contributed by atoms with Crippen LogP contribution in [-0.2, 0) is 32.7 Å². The maximum Gasteiger partial charge on any atom is 0.472 e. The third-order valence-corrected chi connectivity index (χ3v) is 10.1. The van der Waals surface area contributed by atoms with Gasteiger partial charge in [-0.05, 0) is 50.9 Å². The van der Waals surface area contributed by atoms with Crippen molar-refractivity contribution in [3.63, 3.8) is 0 Å². The molecule has 4 N–H and O–H groups in total. The minimum atomic E-state index is -4.67. The van der Waals surface area contributed by atoms with Crippen molar-refractivity contribution in [1.82, 2.24) is 0 Å². The van der Waals surface area contributed by atoms with Gasteiger partial charge in [0, 0.05) is 12.8 Å². The second-order valence-electron chi connectivity index (χ2n) is 14.5. The summed E-state index contributed by atoms with van der Waals surface area (Å²) in [5, 5.41) is 28.6. The summed E-state index contributed by atoms with van der Waals surface area (Å²) in [7, 11) is -4.67. The average molecular weight is 801 g/mol. The monoisotopic (exact) mass is 801 g/mol. The van der Waals surface area contributed by atoms with Gasteiger partial charge in [-0.25, -0.2) is 4.57 Å². The maximum atomic E-state index is 12.6. The normalized spacial score (nSPS) is 15.5. The van der Waals surface area contributed by atoms with Crippen LogP contribution >= 0.6 is 7.82 Å². The molecule has 0 saturated heterocycles. The van der Waals surface area contributed by atoms with Gasteiger partial charge in [-0.1, -0.05) is 153 Å². The van der Waals surface area contributed by atoms with Gasteiger partial charge in [0.05, 0.1) is 25.9 Å². The highest BCUT2D eigenvalue weighted by atomic mass is 31.2. The lowest BCUT2D eigenvalue weighted by Crippen LogP contribution is -2.30. The lowest BCUT2D eigenvalue weighted by molar-refractivity contribution is -0.161. The summed E-state index contributed by atoms with van der Waals surface area (Å²) in [6.07, 6.45) is 33.9. The fraction of sp³-hybridized carbons (Fsp3) is 0.767. The topological polar surface area (TPSA) is 169 Å². The lowest BCUT2D eigenvalue weighted by Gasteiger charge is -2.20. The molecule has 0 radical (unpaired) electrons. The first kappa shape index (κ1) is 52.9. The summed E-state index contributed by atoms with van der Waals surface area (Å²) in [6.45, 7) is 4.45. The predicted molar refractivity (Wildman–Crippen MR) is 220 cm³/mol. The molecule has 0 aromatic heterocycles. The first-order valence-electron chi connectivity index (χ1n) is 21.1. The van der Waals surface area contributed by atoms with Crippen LogP contribution in [-0.4, -0.2) is 76.9 Å². The summed E-state index contributed by atoms with van der Waals surface area (Å²) >= 11 is 0. The van der Waals surface area contributed by atoms with Gasteiger partial charge in [0.25, 0.3) is 0 Å². The Balaban J connectivity index is 4.54. The number of aliphatic hydroxyl groups excluding tert-OH is 3. The smallest absolute Gasteiger partial charge is 0.462 e. The predicted octanol–water partition coefficient (Wildman–Crippen LogP) is 9.77. The number of phosphoric acid groups is 1. The number of allylic oxidation sites excluding steroid dienone is 7. The molecule has 0 aliphatic rings. The highest BCUT2D eigenvalue weighted by Gasteiger charge is 2.27. The van der Waals surface area contributed by atoms with Crippen LogP contribution in [0.3, 0.4) is 0 Å². The molecule has 0 aliphatic carbocycles. The van der Waals surface area contributed by atoms with Gasteiger partial charge < -0.3 is 29.7 Å². The van der Waals surface area contributed by atoms with Gasteiger partial charge in [-0.2, -0.15) is 0 Å². The Morgan fingerprint density at radius 1 is 0.673 bits per heavy atom. The number of ether oxygens (including phenoxy) is 2. The first-order chi connectivity index (χ1) is 26.5. The molecule has 2 unspecified atom stereocenters. The number of rotatable bonds is 38. The van der Waals surface area contributed by atoms with Crippen LogP contribution in [0.2, 0.25) is 0 Å². The Kier molecular flexibility index (Phi) is 36.0. The van der Waals surface area contributed by atoms with Crippen molar-refractivity contribution in [1.29, 1.82) is 0 Å². The van der Waals surface area contributed by atoms with Crippen LogP contribution < -0.4 is 0 Å². The van der Waals surface area contributed by atoms with E-state index < -0.39 is 57.9 Å². The maximum absolute atomic E-state index is 12.6. The third-order valence-electron chi connectivity index (χ3n) is 9.13. The molecule has 320 valence electrons. The van der Waals surface area contributed by atoms with Gasteiger partial charge in [0.15, 0.2) is 6.10 Å². The van der Waals surface area contributed by atoms with E-state index in [1.807, 2.05) is 12.2 Å². The number of unbranched alkanes of at least 4 members (excludes halogenated alkanes) is 12. The standard InChI is InChI=1S/C43H77O11P/c1-4-6-7-8-9-10-11-12-13-17-20-23-26-30-39(45)31-28-33-43(48)54-41(37-53-55(49,50)52-35-40(46)34-44)36-51-42(47)32-27-24-21-18-15-14-16-19-22-25-29-38(3)5-2/h9-10,12-13,20,23,26,30,38-41,44-46H,4-8,11,14-19,21-22,24-25,27-29,31-37H2,1-3H3,(H,49,50)/b10-9-,13-12-,23-20-,30-26+/t38?,39-,40-,41+/m0/s1. The second kappa shape index (κ2) is 37.5. The number of hydrogen-bond acceptors (Lipinski definition) is 10. The Hall–Kier alpha value is -2.11. The molecule has 0 aromatic rings. The Labute approximate surface area is 333 Å². The molecule has 12 heteroatoms. The Morgan fingerprint density at radius 3 is 1.93 bits per heavy atom. The summed E-state index contributed by atoms with van der Waals surface area (Å²) in [5.74, 6) is -0.298. The summed E-state index contributed by atoms with van der Waals surface area (Å²) in [5.41, 5.74) is 0. The number of carbonyl (C=O) groups is 2. The number of esters is 2. The quantitative estimate of drug-likeness (QED) is 0.0154. The molecule has 0 aliphatic heterocycles. The molecule has 55 heavy (non-hydrogen) atoms. The molecule has 0 bridgehead atoms. The first-order valence-corrected chi connectivity index (χ1v) is 22.6. The van der Waals surface area contributed by atoms with Crippen LogP contribution in [0.5, 0.6) is 0 Å². The van der Waals surface area contributed by atoms with E-state index in [0.717, 1.165) is 44.4 Å². The van der Waals surface area contributed by atoms with Crippen LogP contribution in [0, 0.1) is 5.92 Å². The largest absolute Gasteiger partial charge is 0.472 e. The molecule has 0 aromatic carbocycles. The zero-order valence-corrected chi connectivity index (χ0v) is 35.3. The van der Waals surface area contributed by atoms with E-state index in [4.69, 9.17) is 19.1 Å². The average Bonchev–Trinajstić information content (AvgIpc) is 3.16. The van der Waals surface area contributed by atoms with Gasteiger partial charge in [-0.15, -0.1) is 0 Å². The molecular formula is C43H77O11P. The van der Waals surface area contributed by atoms with E-state index in [0.29, 0.717) is 19.3 Å². The molecular weight excluding hydrogens is 723 g/mol. The van der Waals surface area contributed by atoms with Crippen molar-refractivity contribution in [2.45, 2.75) is 180 Å². The van der Waals surface area contributed by atoms with E-state index in [1.54, 1.807) is 12.2 Å². The van der Waals surface area contributed by atoms with E-state index in [-0.39, 0.29) is 19.4 Å². The van der Waals surface area contributed by atoms with Crippen LogP contribution in [0.15, 0.2) is 48.6 Å². The van der Waals surface area contributed by atoms with Crippen molar-refractivity contribution >= 4 is 19.8 Å². The molecule has 0 amide bonds. The van der Waals surface area contributed by atoms with Crippen molar-refractivity contribution in [2.75, 3.05) is 26.4 Å². The fourth-order valence-corrected chi connectivity index (χ4v) is 6.21. The molecule has 0 fully saturated rings. The van der Waals surface area contributed by atoms with Crippen LogP contribution in [0.25, 0.3) is 0 Å². The molecule has 11 nitrogen and oxygen atoms in total. The van der Waals surface area contributed by atoms with Gasteiger partial charge in [0.2, 0.25) is 0 Å². The molecule has 0 saturated carbocycles. The molecule has 0 rings (SSSR count). The van der Waals surface area contributed by atoms with E-state index >= 15 is 0 Å². The van der Waals surface area contributed by atoms with Crippen molar-refractivity contribution in [3.05, 3.63) is 48.6 Å². The SMILES string of the molecule is CCCCC/C=C\C/C=C\C/C=C\C=C\[C@H](O)CCCC(=O)O[C@H](COC(=O)CCCCCCCCCCCCC(C)CC)COP(=O)(O)OC[C@@H](O)CO. The fourth-order valence-electron chi connectivity index (χ4n) is 5.42. The van der Waals surface area contributed by atoms with Gasteiger partial charge in [-0.3, -0.25) is 18.6 Å². The molecule has 0 spiro atoms. The minimum absolute atomic E-state index is 0.0444. The van der Waals surface area contributed by atoms with E-state index in [1.165, 1.54) is 70.6 Å². The van der Waals surface area contributed by atoms with Gasteiger partial charge in [0.1, 0.15) is 12.7 Å². The zero-order valence-electron chi connectivity index (χ0n) is 34.4. The summed E-state index contributed by atoms with van der Waals surface area (Å²) < 4.78 is 32.5. The Bertz CT molecular complexity index is 1090. The number of aliphatic hydroxyl groups is 3. The highest BCUT2D eigenvalue weighted by Crippen LogP contribution is 2.43. The lowest BCUT2D eigenvalue weighted by atomic mass is 9.99. The highest BCUT2D eigenvalue weighted by molar-refractivity contribution is 7.47. The molecule has 5 atom stereocenters. The van der Waals surface area contributed by atoms with Crippen molar-refractivity contribution < 1.29 is 52.9 Å². The second-order valence-corrected chi connectivity index (χ2v) is 15.9. The van der Waals surface area contributed by atoms with Crippen molar-refractivity contribution in [3.8, 4) is 0 Å². The number of carbonyl (C=O) groups excluding carboxylic acids is 2. The summed E-state index contributed by atoms with van der Waals surface area (Å²) in [6, 6.07) is 0. The third kappa shape index (κ3) is 37.2. The number of hydrogen-bond donors (Lipinski definition) is 4. The summed E-state index contributed by atoms with van der Waals surface area (Å²) in [4.78, 5) is 35.0. The Morgan fingerprint density at radius 2 is 1.27 bits per heavy atom. The number of phosphoric ester groups is 1. The van der Waals surface area contributed by atoms with Crippen LogP contribution in [0.1, 0.15) is 162 Å². The van der Waals surface area contributed by atoms with Crippen molar-refractivity contribution in [2.24, 2.45) is 5.92 Å². The van der Waals surface area contributed by atoms with Crippen LogP contribution in [0.4, 0.5) is 0 Å². The molecule has 0 heterocycles. The van der Waals surface area contributed by atoms with E-state index in [9.17, 15) is 29.3 Å².